The van der Waals surface area contributed by atoms with Gasteiger partial charge in [0, 0.05) is 19.1 Å². The van der Waals surface area contributed by atoms with Crippen LogP contribution in [0.15, 0.2) is 30.3 Å². The number of amides is 2. The summed E-state index contributed by atoms with van der Waals surface area (Å²) in [4.78, 5) is 26.9. The number of piperidine rings is 1. The topological polar surface area (TPSA) is 75.4 Å². The average Bonchev–Trinajstić information content (AvgIpc) is 2.59. The minimum absolute atomic E-state index is 0.000566. The van der Waals surface area contributed by atoms with E-state index in [0.29, 0.717) is 19.4 Å². The second kappa shape index (κ2) is 9.69. The van der Waals surface area contributed by atoms with Gasteiger partial charge in [-0.2, -0.15) is 11.8 Å². The summed E-state index contributed by atoms with van der Waals surface area (Å²) >= 11 is 1.68. The number of likely N-dealkylation sites (tertiary alicyclic amines) is 1. The third-order valence-electron chi connectivity index (χ3n) is 4.22. The van der Waals surface area contributed by atoms with Crippen LogP contribution >= 0.6 is 11.8 Å². The first-order chi connectivity index (χ1) is 11.6. The maximum Gasteiger partial charge on any atom is 0.245 e. The Morgan fingerprint density at radius 2 is 2.12 bits per heavy atom. The van der Waals surface area contributed by atoms with E-state index >= 15 is 0 Å². The first kappa shape index (κ1) is 18.8. The summed E-state index contributed by atoms with van der Waals surface area (Å²) in [6.07, 6.45) is 4.83. The molecule has 3 N–H and O–H groups in total. The van der Waals surface area contributed by atoms with Gasteiger partial charge in [0.05, 0.1) is 6.42 Å². The van der Waals surface area contributed by atoms with Gasteiger partial charge in [-0.25, -0.2) is 0 Å². The Hall–Kier alpha value is -1.53. The van der Waals surface area contributed by atoms with Crippen molar-refractivity contribution in [3.63, 3.8) is 0 Å². The normalized spacial score (nSPS) is 18.9. The van der Waals surface area contributed by atoms with Crippen molar-refractivity contribution in [3.8, 4) is 0 Å². The van der Waals surface area contributed by atoms with E-state index in [1.165, 1.54) is 0 Å². The van der Waals surface area contributed by atoms with Gasteiger partial charge in [-0.15, -0.1) is 0 Å². The number of carbonyl (C=O) groups excluding carboxylic acids is 2. The molecule has 2 rings (SSSR count). The largest absolute Gasteiger partial charge is 0.344 e. The third kappa shape index (κ3) is 5.83. The number of hydrogen-bond acceptors (Lipinski definition) is 4. The minimum atomic E-state index is -0.459. The molecule has 1 heterocycles. The maximum atomic E-state index is 12.8. The lowest BCUT2D eigenvalue weighted by Gasteiger charge is -2.33. The van der Waals surface area contributed by atoms with Gasteiger partial charge in [-0.05, 0) is 36.8 Å². The maximum absolute atomic E-state index is 12.8. The van der Waals surface area contributed by atoms with Crippen molar-refractivity contribution < 1.29 is 9.59 Å². The van der Waals surface area contributed by atoms with Gasteiger partial charge in [0.25, 0.3) is 0 Å². The number of nitrogens with two attached hydrogens (primary N) is 1. The van der Waals surface area contributed by atoms with Crippen molar-refractivity contribution in [3.05, 3.63) is 35.9 Å². The Bertz CT molecular complexity index is 538. The lowest BCUT2D eigenvalue weighted by atomic mass is 10.0. The van der Waals surface area contributed by atoms with Crippen LogP contribution in [-0.2, 0) is 16.0 Å². The van der Waals surface area contributed by atoms with Crippen LogP contribution in [-0.4, -0.2) is 53.9 Å². The predicted molar refractivity (Wildman–Crippen MR) is 98.9 cm³/mol. The quantitative estimate of drug-likeness (QED) is 0.781. The highest BCUT2D eigenvalue weighted by Crippen LogP contribution is 2.12. The Kier molecular flexibility index (Phi) is 7.59. The standard InChI is InChI=1S/C18H27N3O2S/c1-24-11-9-16(18(23)21-10-5-8-15(19)13-21)20-17(22)12-14-6-3-2-4-7-14/h2-4,6-7,15-16H,5,8-13,19H2,1H3,(H,20,22). The SMILES string of the molecule is CSCCC(NC(=O)Cc1ccccc1)C(=O)N1CCCC(N)C1. The lowest BCUT2D eigenvalue weighted by Crippen LogP contribution is -2.54. The van der Waals surface area contributed by atoms with Crippen LogP contribution < -0.4 is 11.1 Å². The molecule has 2 unspecified atom stereocenters. The summed E-state index contributed by atoms with van der Waals surface area (Å²) in [6.45, 7) is 1.32. The summed E-state index contributed by atoms with van der Waals surface area (Å²) in [5, 5.41) is 2.93. The molecule has 1 saturated heterocycles. The molecule has 0 saturated carbocycles. The zero-order valence-electron chi connectivity index (χ0n) is 14.2. The van der Waals surface area contributed by atoms with E-state index in [0.717, 1.165) is 30.7 Å². The van der Waals surface area contributed by atoms with Crippen LogP contribution in [0.25, 0.3) is 0 Å². The first-order valence-corrected chi connectivity index (χ1v) is 9.86. The number of thioether (sulfide) groups is 1. The number of rotatable bonds is 7. The fourth-order valence-corrected chi connectivity index (χ4v) is 3.42. The summed E-state index contributed by atoms with van der Waals surface area (Å²) in [7, 11) is 0. The molecule has 0 aliphatic carbocycles. The molecule has 24 heavy (non-hydrogen) atoms. The molecule has 132 valence electrons. The highest BCUT2D eigenvalue weighted by molar-refractivity contribution is 7.98. The molecule has 5 nitrogen and oxygen atoms in total. The molecule has 1 fully saturated rings. The third-order valence-corrected chi connectivity index (χ3v) is 4.86. The van der Waals surface area contributed by atoms with Crippen molar-refractivity contribution in [2.45, 2.75) is 37.8 Å². The van der Waals surface area contributed by atoms with E-state index < -0.39 is 6.04 Å². The number of nitrogens with zero attached hydrogens (tertiary/aromatic N) is 1. The van der Waals surface area contributed by atoms with Crippen LogP contribution in [0.2, 0.25) is 0 Å². The highest BCUT2D eigenvalue weighted by atomic mass is 32.2. The molecule has 0 radical (unpaired) electrons. The zero-order valence-corrected chi connectivity index (χ0v) is 15.1. The molecule has 2 amide bonds. The fraction of sp³-hybridized carbons (Fsp3) is 0.556. The number of hydrogen-bond donors (Lipinski definition) is 2. The Morgan fingerprint density at radius 1 is 1.38 bits per heavy atom. The van der Waals surface area contributed by atoms with Crippen LogP contribution in [0.3, 0.4) is 0 Å². The molecule has 0 spiro atoms. The molecule has 0 bridgehead atoms. The van der Waals surface area contributed by atoms with Crippen LogP contribution in [0.4, 0.5) is 0 Å². The molecule has 1 aliphatic rings. The van der Waals surface area contributed by atoms with E-state index in [9.17, 15) is 9.59 Å². The molecule has 1 aromatic rings. The van der Waals surface area contributed by atoms with Crippen LogP contribution in [0.1, 0.15) is 24.8 Å². The van der Waals surface area contributed by atoms with E-state index in [4.69, 9.17) is 5.73 Å². The van der Waals surface area contributed by atoms with E-state index in [-0.39, 0.29) is 17.9 Å². The first-order valence-electron chi connectivity index (χ1n) is 8.46. The van der Waals surface area contributed by atoms with Gasteiger partial charge in [0.1, 0.15) is 6.04 Å². The van der Waals surface area contributed by atoms with Gasteiger partial charge in [-0.1, -0.05) is 30.3 Å². The number of benzene rings is 1. The van der Waals surface area contributed by atoms with E-state index in [1.807, 2.05) is 41.5 Å². The van der Waals surface area contributed by atoms with Crippen molar-refractivity contribution in [2.24, 2.45) is 5.73 Å². The van der Waals surface area contributed by atoms with Gasteiger partial charge in [-0.3, -0.25) is 9.59 Å². The molecule has 1 aliphatic heterocycles. The van der Waals surface area contributed by atoms with Crippen molar-refractivity contribution in [1.82, 2.24) is 10.2 Å². The average molecular weight is 350 g/mol. The number of carbonyl (C=O) groups is 2. The highest BCUT2D eigenvalue weighted by Gasteiger charge is 2.28. The molecule has 0 aromatic heterocycles. The summed E-state index contributed by atoms with van der Waals surface area (Å²) in [5.41, 5.74) is 6.93. The second-order valence-electron chi connectivity index (χ2n) is 6.25. The Labute approximate surface area is 148 Å². The Balaban J connectivity index is 1.96. The van der Waals surface area contributed by atoms with Gasteiger partial charge >= 0.3 is 0 Å². The van der Waals surface area contributed by atoms with Gasteiger partial charge in [0.2, 0.25) is 11.8 Å². The number of nitrogens with one attached hydrogen (secondary N) is 1. The zero-order chi connectivity index (χ0) is 17.4. The van der Waals surface area contributed by atoms with Crippen molar-refractivity contribution in [2.75, 3.05) is 25.1 Å². The molecule has 2 atom stereocenters. The van der Waals surface area contributed by atoms with Gasteiger partial charge in [0.15, 0.2) is 0 Å². The Morgan fingerprint density at radius 3 is 2.79 bits per heavy atom. The van der Waals surface area contributed by atoms with Crippen molar-refractivity contribution >= 4 is 23.6 Å². The van der Waals surface area contributed by atoms with Crippen LogP contribution in [0.5, 0.6) is 0 Å². The van der Waals surface area contributed by atoms with E-state index in [2.05, 4.69) is 5.32 Å². The summed E-state index contributed by atoms with van der Waals surface area (Å²) in [5.74, 6) is 0.727. The van der Waals surface area contributed by atoms with Gasteiger partial charge < -0.3 is 16.0 Å². The summed E-state index contributed by atoms with van der Waals surface area (Å²) < 4.78 is 0. The summed E-state index contributed by atoms with van der Waals surface area (Å²) in [6, 6.07) is 9.17. The smallest absolute Gasteiger partial charge is 0.245 e. The van der Waals surface area contributed by atoms with Crippen molar-refractivity contribution in [1.29, 1.82) is 0 Å². The fourth-order valence-electron chi connectivity index (χ4n) is 2.95. The predicted octanol–water partition coefficient (Wildman–Crippen LogP) is 1.42. The van der Waals surface area contributed by atoms with Crippen LogP contribution in [0, 0.1) is 0 Å². The molecular weight excluding hydrogens is 322 g/mol. The molecule has 6 heteroatoms. The lowest BCUT2D eigenvalue weighted by molar-refractivity contribution is -0.137. The van der Waals surface area contributed by atoms with E-state index in [1.54, 1.807) is 11.8 Å². The monoisotopic (exact) mass is 349 g/mol. The molecule has 1 aromatic carbocycles. The minimum Gasteiger partial charge on any atom is -0.344 e. The second-order valence-corrected chi connectivity index (χ2v) is 7.24. The molecular formula is C18H27N3O2S.